The lowest BCUT2D eigenvalue weighted by atomic mass is 10.0. The van der Waals surface area contributed by atoms with E-state index in [2.05, 4.69) is 21.7 Å². The molecule has 5 rings (SSSR count). The normalized spacial score (nSPS) is 19.7. The number of halogens is 2. The van der Waals surface area contributed by atoms with Crippen LogP contribution in [0, 0.1) is 11.6 Å². The third-order valence-corrected chi connectivity index (χ3v) is 7.18. The highest BCUT2D eigenvalue weighted by molar-refractivity contribution is 6.07. The molecule has 3 aromatic rings. The van der Waals surface area contributed by atoms with Crippen molar-refractivity contribution in [3.8, 4) is 11.3 Å². The molecule has 1 atom stereocenters. The van der Waals surface area contributed by atoms with E-state index < -0.39 is 11.6 Å². The van der Waals surface area contributed by atoms with Gasteiger partial charge in [0.2, 0.25) is 0 Å². The van der Waals surface area contributed by atoms with E-state index in [0.717, 1.165) is 76.2 Å². The maximum absolute atomic E-state index is 13.9. The van der Waals surface area contributed by atoms with Crippen molar-refractivity contribution >= 4 is 16.8 Å². The summed E-state index contributed by atoms with van der Waals surface area (Å²) in [5.74, 6) is -1.85. The van der Waals surface area contributed by atoms with Crippen molar-refractivity contribution in [1.29, 1.82) is 0 Å². The van der Waals surface area contributed by atoms with Gasteiger partial charge in [-0.1, -0.05) is 25.1 Å². The quantitative estimate of drug-likeness (QED) is 0.560. The number of likely N-dealkylation sites (N-methyl/N-ethyl adjacent to an activating group) is 1. The fraction of sp³-hybridized carbons (Fsp3) is 0.407. The van der Waals surface area contributed by atoms with Gasteiger partial charge in [-0.15, -0.1) is 0 Å². The first kappa shape index (κ1) is 22.9. The Kier molecular flexibility index (Phi) is 6.57. The zero-order chi connectivity index (χ0) is 23.7. The SMILES string of the molecule is CCN1CCN(CC2CCCN2C(=O)c2cc(-c3ccc(F)c(F)c3)nc3ccccc23)CC1. The molecule has 0 saturated carbocycles. The molecule has 2 saturated heterocycles. The van der Waals surface area contributed by atoms with Crippen molar-refractivity contribution in [1.82, 2.24) is 19.7 Å². The number of rotatable bonds is 5. The van der Waals surface area contributed by atoms with Crippen molar-refractivity contribution in [3.05, 3.63) is 65.7 Å². The molecular formula is C27H30F2N4O. The van der Waals surface area contributed by atoms with Crippen LogP contribution < -0.4 is 0 Å². The predicted octanol–water partition coefficient (Wildman–Crippen LogP) is 4.42. The smallest absolute Gasteiger partial charge is 0.254 e. The second-order valence-electron chi connectivity index (χ2n) is 9.23. The monoisotopic (exact) mass is 464 g/mol. The van der Waals surface area contributed by atoms with Gasteiger partial charge in [0, 0.05) is 56.3 Å². The molecule has 2 aliphatic heterocycles. The third-order valence-electron chi connectivity index (χ3n) is 7.18. The number of hydrogen-bond acceptors (Lipinski definition) is 4. The minimum absolute atomic E-state index is 0.0165. The number of likely N-dealkylation sites (tertiary alicyclic amines) is 1. The van der Waals surface area contributed by atoms with Gasteiger partial charge in [-0.3, -0.25) is 9.69 Å². The molecule has 2 aromatic carbocycles. The Hall–Kier alpha value is -2.90. The molecule has 2 aliphatic rings. The maximum atomic E-state index is 13.9. The molecule has 7 heteroatoms. The minimum Gasteiger partial charge on any atom is -0.334 e. The van der Waals surface area contributed by atoms with Crippen LogP contribution in [0.25, 0.3) is 22.2 Å². The van der Waals surface area contributed by atoms with Crippen molar-refractivity contribution < 1.29 is 13.6 Å². The molecule has 178 valence electrons. The fourth-order valence-corrected chi connectivity index (χ4v) is 5.19. The number of amides is 1. The van der Waals surface area contributed by atoms with Gasteiger partial charge in [0.25, 0.3) is 5.91 Å². The van der Waals surface area contributed by atoms with E-state index >= 15 is 0 Å². The zero-order valence-electron chi connectivity index (χ0n) is 19.5. The number of hydrogen-bond donors (Lipinski definition) is 0. The van der Waals surface area contributed by atoms with Crippen LogP contribution in [0.3, 0.4) is 0 Å². The summed E-state index contributed by atoms with van der Waals surface area (Å²) in [7, 11) is 0. The van der Waals surface area contributed by atoms with Crippen LogP contribution in [-0.2, 0) is 0 Å². The largest absolute Gasteiger partial charge is 0.334 e. The first-order valence-corrected chi connectivity index (χ1v) is 12.1. The van der Waals surface area contributed by atoms with E-state index in [0.29, 0.717) is 22.3 Å². The van der Waals surface area contributed by atoms with E-state index in [4.69, 9.17) is 0 Å². The first-order valence-electron chi connectivity index (χ1n) is 12.1. The molecule has 34 heavy (non-hydrogen) atoms. The second kappa shape index (κ2) is 9.76. The molecule has 0 aliphatic carbocycles. The molecule has 0 radical (unpaired) electrons. The van der Waals surface area contributed by atoms with Crippen molar-refractivity contribution in [2.24, 2.45) is 0 Å². The van der Waals surface area contributed by atoms with E-state index in [1.54, 1.807) is 6.07 Å². The summed E-state index contributed by atoms with van der Waals surface area (Å²) < 4.78 is 27.4. The maximum Gasteiger partial charge on any atom is 0.254 e. The number of fused-ring (bicyclic) bond motifs is 1. The molecule has 0 N–H and O–H groups in total. The van der Waals surface area contributed by atoms with Crippen LogP contribution in [0.2, 0.25) is 0 Å². The van der Waals surface area contributed by atoms with Crippen LogP contribution in [0.5, 0.6) is 0 Å². The Morgan fingerprint density at radius 1 is 0.971 bits per heavy atom. The van der Waals surface area contributed by atoms with E-state index in [9.17, 15) is 13.6 Å². The van der Waals surface area contributed by atoms with Gasteiger partial charge in [0.15, 0.2) is 11.6 Å². The Labute approximate surface area is 199 Å². The Balaban J connectivity index is 1.44. The lowest BCUT2D eigenvalue weighted by Crippen LogP contribution is -2.51. The molecule has 2 fully saturated rings. The number of benzene rings is 2. The topological polar surface area (TPSA) is 39.7 Å². The molecule has 5 nitrogen and oxygen atoms in total. The number of carbonyl (C=O) groups is 1. The highest BCUT2D eigenvalue weighted by Crippen LogP contribution is 2.29. The molecule has 1 amide bonds. The molecule has 0 bridgehead atoms. The average Bonchev–Trinajstić information content (AvgIpc) is 3.33. The summed E-state index contributed by atoms with van der Waals surface area (Å²) in [4.78, 5) is 25.4. The van der Waals surface area contributed by atoms with Crippen LogP contribution in [-0.4, -0.2) is 77.4 Å². The Morgan fingerprint density at radius 3 is 2.50 bits per heavy atom. The molecule has 0 spiro atoms. The van der Waals surface area contributed by atoms with Gasteiger partial charge < -0.3 is 9.80 Å². The summed E-state index contributed by atoms with van der Waals surface area (Å²) in [5, 5.41) is 0.779. The predicted molar refractivity (Wildman–Crippen MR) is 130 cm³/mol. The van der Waals surface area contributed by atoms with E-state index in [1.165, 1.54) is 6.07 Å². The number of carbonyl (C=O) groups excluding carboxylic acids is 1. The third kappa shape index (κ3) is 4.55. The molecular weight excluding hydrogens is 434 g/mol. The summed E-state index contributed by atoms with van der Waals surface area (Å²) in [5.41, 5.74) is 2.14. The second-order valence-corrected chi connectivity index (χ2v) is 9.23. The summed E-state index contributed by atoms with van der Waals surface area (Å²) >= 11 is 0. The summed E-state index contributed by atoms with van der Waals surface area (Å²) in [6.45, 7) is 9.11. The summed E-state index contributed by atoms with van der Waals surface area (Å²) in [6, 6.07) is 13.2. The number of pyridine rings is 1. The van der Waals surface area contributed by atoms with Crippen LogP contribution in [0.15, 0.2) is 48.5 Å². The standard InChI is InChI=1S/C27H30F2N4O/c1-2-31-12-14-32(15-13-31)18-20-6-5-11-33(20)27(34)22-17-26(19-9-10-23(28)24(29)16-19)30-25-8-4-3-7-21(22)25/h3-4,7-10,16-17,20H,2,5-6,11-15,18H2,1H3. The fourth-order valence-electron chi connectivity index (χ4n) is 5.19. The molecule has 1 aromatic heterocycles. The van der Waals surface area contributed by atoms with Crippen molar-refractivity contribution in [2.45, 2.75) is 25.8 Å². The minimum atomic E-state index is -0.928. The van der Waals surface area contributed by atoms with Gasteiger partial charge in [-0.2, -0.15) is 0 Å². The van der Waals surface area contributed by atoms with Gasteiger partial charge >= 0.3 is 0 Å². The molecule has 1 unspecified atom stereocenters. The van der Waals surface area contributed by atoms with E-state index in [-0.39, 0.29) is 11.9 Å². The number of para-hydroxylation sites is 1. The highest BCUT2D eigenvalue weighted by Gasteiger charge is 2.32. The lowest BCUT2D eigenvalue weighted by molar-refractivity contribution is 0.0658. The van der Waals surface area contributed by atoms with Gasteiger partial charge in [-0.05, 0) is 49.7 Å². The molecule has 3 heterocycles. The van der Waals surface area contributed by atoms with Crippen LogP contribution in [0.1, 0.15) is 30.1 Å². The summed E-state index contributed by atoms with van der Waals surface area (Å²) in [6.07, 6.45) is 1.99. The zero-order valence-corrected chi connectivity index (χ0v) is 19.5. The highest BCUT2D eigenvalue weighted by atomic mass is 19.2. The lowest BCUT2D eigenvalue weighted by Gasteiger charge is -2.37. The number of nitrogens with zero attached hydrogens (tertiary/aromatic N) is 4. The first-order chi connectivity index (χ1) is 16.5. The number of aromatic nitrogens is 1. The van der Waals surface area contributed by atoms with Crippen LogP contribution in [0.4, 0.5) is 8.78 Å². The van der Waals surface area contributed by atoms with E-state index in [1.807, 2.05) is 29.2 Å². The van der Waals surface area contributed by atoms with Crippen molar-refractivity contribution in [3.63, 3.8) is 0 Å². The van der Waals surface area contributed by atoms with Gasteiger partial charge in [-0.25, -0.2) is 13.8 Å². The van der Waals surface area contributed by atoms with Gasteiger partial charge in [0.05, 0.1) is 16.8 Å². The number of piperazine rings is 1. The average molecular weight is 465 g/mol. The van der Waals surface area contributed by atoms with Gasteiger partial charge in [0.1, 0.15) is 0 Å². The Bertz CT molecular complexity index is 1190. The Morgan fingerprint density at radius 2 is 1.74 bits per heavy atom. The van der Waals surface area contributed by atoms with Crippen molar-refractivity contribution in [2.75, 3.05) is 45.8 Å². The van der Waals surface area contributed by atoms with Crippen LogP contribution >= 0.6 is 0 Å².